The van der Waals surface area contributed by atoms with Crippen molar-refractivity contribution < 1.29 is 9.18 Å². The molecule has 1 N–H and O–H groups in total. The highest BCUT2D eigenvalue weighted by Crippen LogP contribution is 2.19. The maximum atomic E-state index is 12.9. The van der Waals surface area contributed by atoms with Crippen LogP contribution >= 0.6 is 11.6 Å². The van der Waals surface area contributed by atoms with Gasteiger partial charge in [0.2, 0.25) is 0 Å². The molecular weight excluding hydrogens is 207 g/mol. The smallest absolute Gasteiger partial charge is 0.253 e. The van der Waals surface area contributed by atoms with Crippen LogP contribution in [0.25, 0.3) is 0 Å². The average molecular weight is 215 g/mol. The lowest BCUT2D eigenvalue weighted by Crippen LogP contribution is -2.25. The molecule has 0 aliphatic heterocycles. The molecule has 0 spiro atoms. The Labute approximate surface area is 85.3 Å². The Bertz CT molecular complexity index is 379. The molecule has 0 bridgehead atoms. The van der Waals surface area contributed by atoms with Crippen LogP contribution in [0.5, 0.6) is 0 Å². The summed E-state index contributed by atoms with van der Waals surface area (Å²) in [5.74, 6) is -0.967. The molecule has 1 aromatic rings. The van der Waals surface area contributed by atoms with E-state index in [0.717, 1.165) is 18.9 Å². The molecule has 1 heterocycles. The molecule has 1 aliphatic carbocycles. The minimum atomic E-state index is -0.671. The molecule has 74 valence electrons. The summed E-state index contributed by atoms with van der Waals surface area (Å²) < 4.78 is 12.9. The number of hydrogen-bond donors (Lipinski definition) is 1. The number of amides is 1. The van der Waals surface area contributed by atoms with E-state index in [0.29, 0.717) is 0 Å². The van der Waals surface area contributed by atoms with Crippen molar-refractivity contribution in [3.8, 4) is 0 Å². The van der Waals surface area contributed by atoms with Gasteiger partial charge in [-0.15, -0.1) is 0 Å². The van der Waals surface area contributed by atoms with Crippen LogP contribution in [-0.2, 0) is 0 Å². The second-order valence-electron chi connectivity index (χ2n) is 3.24. The van der Waals surface area contributed by atoms with Gasteiger partial charge >= 0.3 is 0 Å². The predicted octanol–water partition coefficient (Wildman–Crippen LogP) is 1.77. The van der Waals surface area contributed by atoms with Crippen LogP contribution in [0.4, 0.5) is 4.39 Å². The van der Waals surface area contributed by atoms with E-state index in [1.54, 1.807) is 0 Å². The van der Waals surface area contributed by atoms with Crippen LogP contribution in [0.2, 0.25) is 5.15 Å². The van der Waals surface area contributed by atoms with Crippen molar-refractivity contribution in [3.63, 3.8) is 0 Å². The Balaban J connectivity index is 2.14. The zero-order chi connectivity index (χ0) is 10.1. The molecule has 1 amide bonds. The van der Waals surface area contributed by atoms with Crippen molar-refractivity contribution in [1.82, 2.24) is 10.3 Å². The van der Waals surface area contributed by atoms with E-state index in [1.165, 1.54) is 6.20 Å². The Morgan fingerprint density at radius 3 is 2.93 bits per heavy atom. The maximum absolute atomic E-state index is 12.9. The van der Waals surface area contributed by atoms with Gasteiger partial charge < -0.3 is 5.32 Å². The molecule has 1 aliphatic rings. The third-order valence-corrected chi connectivity index (χ3v) is 2.25. The normalized spacial score (nSPS) is 15.3. The molecule has 1 fully saturated rings. The SMILES string of the molecule is O=C(NC1CC1)c1cnc(Cl)c(F)c1. The fourth-order valence-electron chi connectivity index (χ4n) is 1.04. The van der Waals surface area contributed by atoms with E-state index in [2.05, 4.69) is 10.3 Å². The maximum Gasteiger partial charge on any atom is 0.253 e. The number of halogens is 2. The highest BCUT2D eigenvalue weighted by molar-refractivity contribution is 6.29. The van der Waals surface area contributed by atoms with Crippen LogP contribution in [0.1, 0.15) is 23.2 Å². The van der Waals surface area contributed by atoms with E-state index < -0.39 is 5.82 Å². The number of aromatic nitrogens is 1. The van der Waals surface area contributed by atoms with Crippen LogP contribution in [0.3, 0.4) is 0 Å². The number of carbonyl (C=O) groups is 1. The molecule has 1 saturated carbocycles. The van der Waals surface area contributed by atoms with Gasteiger partial charge in [-0.2, -0.15) is 0 Å². The minimum Gasteiger partial charge on any atom is -0.349 e. The Hall–Kier alpha value is -1.16. The zero-order valence-electron chi connectivity index (χ0n) is 7.26. The van der Waals surface area contributed by atoms with E-state index in [4.69, 9.17) is 11.6 Å². The number of pyridine rings is 1. The summed E-state index contributed by atoms with van der Waals surface area (Å²) in [5, 5.41) is 2.51. The van der Waals surface area contributed by atoms with Crippen LogP contribution < -0.4 is 5.32 Å². The van der Waals surface area contributed by atoms with Gasteiger partial charge in [-0.05, 0) is 18.9 Å². The summed E-state index contributed by atoms with van der Waals surface area (Å²) in [6.07, 6.45) is 3.26. The molecule has 3 nitrogen and oxygen atoms in total. The minimum absolute atomic E-state index is 0.207. The Morgan fingerprint density at radius 2 is 2.36 bits per heavy atom. The monoisotopic (exact) mass is 214 g/mol. The van der Waals surface area contributed by atoms with Gasteiger partial charge in [0.05, 0.1) is 5.56 Å². The van der Waals surface area contributed by atoms with Crippen molar-refractivity contribution in [1.29, 1.82) is 0 Å². The summed E-state index contributed by atoms with van der Waals surface area (Å²) in [5.41, 5.74) is 0.207. The van der Waals surface area contributed by atoms with Crippen LogP contribution in [-0.4, -0.2) is 16.9 Å². The highest BCUT2D eigenvalue weighted by atomic mass is 35.5. The number of nitrogens with zero attached hydrogens (tertiary/aromatic N) is 1. The third kappa shape index (κ3) is 2.01. The first-order chi connectivity index (χ1) is 6.66. The van der Waals surface area contributed by atoms with E-state index in [-0.39, 0.29) is 22.7 Å². The van der Waals surface area contributed by atoms with Gasteiger partial charge in [-0.3, -0.25) is 4.79 Å². The van der Waals surface area contributed by atoms with E-state index >= 15 is 0 Å². The highest BCUT2D eigenvalue weighted by Gasteiger charge is 2.24. The van der Waals surface area contributed by atoms with Gasteiger partial charge in [0, 0.05) is 12.2 Å². The zero-order valence-corrected chi connectivity index (χ0v) is 8.01. The number of nitrogens with one attached hydrogen (secondary N) is 1. The van der Waals surface area contributed by atoms with Crippen LogP contribution in [0, 0.1) is 5.82 Å². The van der Waals surface area contributed by atoms with Crippen molar-refractivity contribution in [2.24, 2.45) is 0 Å². The fraction of sp³-hybridized carbons (Fsp3) is 0.333. The van der Waals surface area contributed by atoms with Crippen molar-refractivity contribution in [2.45, 2.75) is 18.9 Å². The van der Waals surface area contributed by atoms with Gasteiger partial charge in [0.25, 0.3) is 5.91 Å². The van der Waals surface area contributed by atoms with Gasteiger partial charge in [-0.25, -0.2) is 9.37 Å². The Morgan fingerprint density at radius 1 is 1.64 bits per heavy atom. The number of hydrogen-bond acceptors (Lipinski definition) is 2. The van der Waals surface area contributed by atoms with Crippen LogP contribution in [0.15, 0.2) is 12.3 Å². The molecule has 5 heteroatoms. The number of carbonyl (C=O) groups excluding carboxylic acids is 1. The topological polar surface area (TPSA) is 42.0 Å². The average Bonchev–Trinajstić information content (AvgIpc) is 2.93. The first kappa shape index (κ1) is 9.40. The van der Waals surface area contributed by atoms with Crippen molar-refractivity contribution in [3.05, 3.63) is 28.8 Å². The lowest BCUT2D eigenvalue weighted by Gasteiger charge is -2.02. The first-order valence-electron chi connectivity index (χ1n) is 4.29. The first-order valence-corrected chi connectivity index (χ1v) is 4.66. The molecule has 0 aromatic carbocycles. The summed E-state index contributed by atoms with van der Waals surface area (Å²) in [7, 11) is 0. The lowest BCUT2D eigenvalue weighted by atomic mass is 10.2. The van der Waals surface area contributed by atoms with Gasteiger partial charge in [0.15, 0.2) is 11.0 Å². The molecule has 0 radical (unpaired) electrons. The standard InChI is InChI=1S/C9H8ClFN2O/c10-8-7(11)3-5(4-12-8)9(14)13-6-1-2-6/h3-4,6H,1-2H2,(H,13,14). The summed E-state index contributed by atoms with van der Waals surface area (Å²) in [4.78, 5) is 15.0. The summed E-state index contributed by atoms with van der Waals surface area (Å²) in [6.45, 7) is 0. The lowest BCUT2D eigenvalue weighted by molar-refractivity contribution is 0.0950. The molecule has 1 aromatic heterocycles. The van der Waals surface area contributed by atoms with Crippen molar-refractivity contribution >= 4 is 17.5 Å². The summed E-state index contributed by atoms with van der Waals surface area (Å²) >= 11 is 5.39. The molecule has 2 rings (SSSR count). The van der Waals surface area contributed by atoms with E-state index in [9.17, 15) is 9.18 Å². The third-order valence-electron chi connectivity index (χ3n) is 1.97. The second kappa shape index (κ2) is 3.53. The number of rotatable bonds is 2. The quantitative estimate of drug-likeness (QED) is 0.763. The molecule has 0 atom stereocenters. The van der Waals surface area contributed by atoms with Crippen molar-refractivity contribution in [2.75, 3.05) is 0 Å². The molecule has 0 saturated heterocycles. The predicted molar refractivity (Wildman–Crippen MR) is 49.7 cm³/mol. The van der Waals surface area contributed by atoms with Gasteiger partial charge in [0.1, 0.15) is 0 Å². The molecule has 0 unspecified atom stereocenters. The Kier molecular flexibility index (Phi) is 2.37. The van der Waals surface area contributed by atoms with Gasteiger partial charge in [-0.1, -0.05) is 11.6 Å². The summed E-state index contributed by atoms with van der Waals surface area (Å²) in [6, 6.07) is 1.34. The molecule has 14 heavy (non-hydrogen) atoms. The van der Waals surface area contributed by atoms with E-state index in [1.807, 2.05) is 0 Å². The fourth-order valence-corrected chi connectivity index (χ4v) is 1.15. The molecular formula is C9H8ClFN2O. The second-order valence-corrected chi connectivity index (χ2v) is 3.60. The largest absolute Gasteiger partial charge is 0.349 e.